The van der Waals surface area contributed by atoms with Crippen LogP contribution < -0.4 is 10.2 Å². The second-order valence-electron chi connectivity index (χ2n) is 6.52. The van der Waals surface area contributed by atoms with Gasteiger partial charge in [0.05, 0.1) is 9.50 Å². The Morgan fingerprint density at radius 2 is 2.05 bits per heavy atom. The molecule has 0 aromatic carbocycles. The summed E-state index contributed by atoms with van der Waals surface area (Å²) in [5.74, 6) is 1.77. The van der Waals surface area contributed by atoms with Gasteiger partial charge in [-0.05, 0) is 68.1 Å². The fourth-order valence-electron chi connectivity index (χ4n) is 2.44. The molecule has 1 aliphatic heterocycles. The number of piperidine rings is 1. The van der Waals surface area contributed by atoms with Crippen molar-refractivity contribution >= 4 is 33.3 Å². The van der Waals surface area contributed by atoms with Gasteiger partial charge in [-0.25, -0.2) is 4.98 Å². The summed E-state index contributed by atoms with van der Waals surface area (Å²) < 4.78 is 0.983. The highest BCUT2D eigenvalue weighted by atomic mass is 79.9. The minimum absolute atomic E-state index is 0.206. The predicted molar refractivity (Wildman–Crippen MR) is 89.6 cm³/mol. The molecule has 5 heteroatoms. The van der Waals surface area contributed by atoms with E-state index in [9.17, 15) is 0 Å². The summed E-state index contributed by atoms with van der Waals surface area (Å²) in [4.78, 5) is 6.78. The lowest BCUT2D eigenvalue weighted by Crippen LogP contribution is -2.43. The zero-order chi connectivity index (χ0) is 14.8. The highest BCUT2D eigenvalue weighted by molar-refractivity contribution is 9.10. The molecule has 1 fully saturated rings. The van der Waals surface area contributed by atoms with Crippen molar-refractivity contribution < 1.29 is 0 Å². The maximum Gasteiger partial charge on any atom is 0.142 e. The molecule has 0 saturated carbocycles. The second kappa shape index (κ2) is 6.63. The van der Waals surface area contributed by atoms with Crippen LogP contribution >= 0.6 is 27.5 Å². The largest absolute Gasteiger partial charge is 0.356 e. The second-order valence-corrected chi connectivity index (χ2v) is 7.81. The molecule has 1 saturated heterocycles. The number of aromatic nitrogens is 1. The van der Waals surface area contributed by atoms with E-state index in [1.807, 2.05) is 6.07 Å². The van der Waals surface area contributed by atoms with Crippen LogP contribution in [0.2, 0.25) is 5.02 Å². The van der Waals surface area contributed by atoms with Crippen LogP contribution in [0.15, 0.2) is 16.7 Å². The van der Waals surface area contributed by atoms with E-state index in [1.54, 1.807) is 6.20 Å². The Balaban J connectivity index is 1.88. The number of pyridine rings is 1. The molecular formula is C15H23BrClN3. The van der Waals surface area contributed by atoms with Gasteiger partial charge in [0.15, 0.2) is 0 Å². The van der Waals surface area contributed by atoms with E-state index >= 15 is 0 Å². The van der Waals surface area contributed by atoms with Gasteiger partial charge in [0.1, 0.15) is 5.82 Å². The van der Waals surface area contributed by atoms with Crippen LogP contribution in [-0.4, -0.2) is 30.2 Å². The monoisotopic (exact) mass is 359 g/mol. The number of hydrogen-bond donors (Lipinski definition) is 1. The first-order valence-electron chi connectivity index (χ1n) is 7.16. The fraction of sp³-hybridized carbons (Fsp3) is 0.667. The van der Waals surface area contributed by atoms with Gasteiger partial charge >= 0.3 is 0 Å². The van der Waals surface area contributed by atoms with E-state index in [1.165, 1.54) is 12.8 Å². The molecule has 20 heavy (non-hydrogen) atoms. The smallest absolute Gasteiger partial charge is 0.142 e. The minimum Gasteiger partial charge on any atom is -0.356 e. The van der Waals surface area contributed by atoms with Crippen LogP contribution in [0, 0.1) is 5.92 Å². The normalized spacial score (nSPS) is 17.6. The van der Waals surface area contributed by atoms with Crippen molar-refractivity contribution in [1.29, 1.82) is 0 Å². The summed E-state index contributed by atoms with van der Waals surface area (Å²) in [6, 6.07) is 1.91. The van der Waals surface area contributed by atoms with Crippen LogP contribution in [0.25, 0.3) is 0 Å². The van der Waals surface area contributed by atoms with Crippen molar-refractivity contribution in [3.8, 4) is 0 Å². The van der Waals surface area contributed by atoms with E-state index in [0.29, 0.717) is 5.02 Å². The Kier molecular flexibility index (Phi) is 5.32. The molecule has 2 rings (SSSR count). The SMILES string of the molecule is CC(C)(C)NCC1CCN(c2ncc(Cl)cc2Br)CC1. The lowest BCUT2D eigenvalue weighted by atomic mass is 9.95. The summed E-state index contributed by atoms with van der Waals surface area (Å²) in [5, 5.41) is 4.28. The molecular weight excluding hydrogens is 338 g/mol. The molecule has 1 aromatic rings. The van der Waals surface area contributed by atoms with Crippen LogP contribution in [0.5, 0.6) is 0 Å². The van der Waals surface area contributed by atoms with Gasteiger partial charge in [0, 0.05) is 24.8 Å². The third-order valence-electron chi connectivity index (χ3n) is 3.62. The van der Waals surface area contributed by atoms with Crippen molar-refractivity contribution in [2.75, 3.05) is 24.5 Å². The number of nitrogens with zero attached hydrogens (tertiary/aromatic N) is 2. The molecule has 112 valence electrons. The zero-order valence-electron chi connectivity index (χ0n) is 12.4. The minimum atomic E-state index is 0.206. The number of nitrogens with one attached hydrogen (secondary N) is 1. The number of halogens is 2. The molecule has 0 unspecified atom stereocenters. The molecule has 1 aliphatic rings. The van der Waals surface area contributed by atoms with Gasteiger partial charge in [-0.3, -0.25) is 0 Å². The van der Waals surface area contributed by atoms with Gasteiger partial charge in [-0.1, -0.05) is 11.6 Å². The van der Waals surface area contributed by atoms with Crippen molar-refractivity contribution in [2.45, 2.75) is 39.2 Å². The van der Waals surface area contributed by atoms with E-state index in [4.69, 9.17) is 11.6 Å². The summed E-state index contributed by atoms with van der Waals surface area (Å²) in [5.41, 5.74) is 0.206. The predicted octanol–water partition coefficient (Wildman–Crippen LogP) is 4.10. The lowest BCUT2D eigenvalue weighted by molar-refractivity contribution is 0.328. The highest BCUT2D eigenvalue weighted by Gasteiger charge is 2.22. The van der Waals surface area contributed by atoms with E-state index in [0.717, 1.165) is 35.8 Å². The first kappa shape index (κ1) is 16.1. The number of anilines is 1. The number of hydrogen-bond acceptors (Lipinski definition) is 3. The molecule has 1 N–H and O–H groups in total. The third kappa shape index (κ3) is 4.61. The fourth-order valence-corrected chi connectivity index (χ4v) is 3.33. The van der Waals surface area contributed by atoms with E-state index in [-0.39, 0.29) is 5.54 Å². The zero-order valence-corrected chi connectivity index (χ0v) is 14.8. The maximum absolute atomic E-state index is 5.94. The topological polar surface area (TPSA) is 28.2 Å². The summed E-state index contributed by atoms with van der Waals surface area (Å²) in [7, 11) is 0. The Morgan fingerprint density at radius 1 is 1.40 bits per heavy atom. The average molecular weight is 361 g/mol. The quantitative estimate of drug-likeness (QED) is 0.879. The van der Waals surface area contributed by atoms with Gasteiger partial charge < -0.3 is 10.2 Å². The maximum atomic E-state index is 5.94. The van der Waals surface area contributed by atoms with E-state index < -0.39 is 0 Å². The molecule has 3 nitrogen and oxygen atoms in total. The molecule has 0 amide bonds. The lowest BCUT2D eigenvalue weighted by Gasteiger charge is -2.34. The Morgan fingerprint density at radius 3 is 2.60 bits per heavy atom. The van der Waals surface area contributed by atoms with Crippen molar-refractivity contribution in [1.82, 2.24) is 10.3 Å². The average Bonchev–Trinajstić information content (AvgIpc) is 2.36. The van der Waals surface area contributed by atoms with Crippen LogP contribution in [0.3, 0.4) is 0 Å². The molecule has 0 spiro atoms. The molecule has 0 aliphatic carbocycles. The van der Waals surface area contributed by atoms with Gasteiger partial charge in [0.25, 0.3) is 0 Å². The van der Waals surface area contributed by atoms with Crippen molar-refractivity contribution in [3.63, 3.8) is 0 Å². The van der Waals surface area contributed by atoms with Crippen LogP contribution in [-0.2, 0) is 0 Å². The summed E-state index contributed by atoms with van der Waals surface area (Å²) >= 11 is 9.50. The molecule has 0 atom stereocenters. The number of rotatable bonds is 3. The van der Waals surface area contributed by atoms with E-state index in [2.05, 4.69) is 51.9 Å². The van der Waals surface area contributed by atoms with Gasteiger partial charge in [-0.2, -0.15) is 0 Å². The Hall–Kier alpha value is -0.320. The molecule has 0 radical (unpaired) electrons. The Labute approximate surface area is 135 Å². The molecule has 2 heterocycles. The van der Waals surface area contributed by atoms with Crippen molar-refractivity contribution in [3.05, 3.63) is 21.8 Å². The standard InChI is InChI=1S/C15H23BrClN3/c1-15(2,3)19-9-11-4-6-20(7-5-11)14-13(16)8-12(17)10-18-14/h8,10-11,19H,4-7,9H2,1-3H3. The van der Waals surface area contributed by atoms with Crippen molar-refractivity contribution in [2.24, 2.45) is 5.92 Å². The summed E-state index contributed by atoms with van der Waals surface area (Å²) in [6.45, 7) is 9.88. The molecule has 1 aromatic heterocycles. The highest BCUT2D eigenvalue weighted by Crippen LogP contribution is 2.29. The Bertz CT molecular complexity index is 451. The van der Waals surface area contributed by atoms with Gasteiger partial charge in [0.2, 0.25) is 0 Å². The van der Waals surface area contributed by atoms with Crippen LogP contribution in [0.4, 0.5) is 5.82 Å². The molecule has 0 bridgehead atoms. The van der Waals surface area contributed by atoms with Crippen LogP contribution in [0.1, 0.15) is 33.6 Å². The summed E-state index contributed by atoms with van der Waals surface area (Å²) in [6.07, 6.45) is 4.13. The first-order chi connectivity index (χ1) is 9.35. The van der Waals surface area contributed by atoms with Gasteiger partial charge in [-0.15, -0.1) is 0 Å². The first-order valence-corrected chi connectivity index (χ1v) is 8.33. The third-order valence-corrected chi connectivity index (χ3v) is 4.41.